The first kappa shape index (κ1) is 15.5. The number of amides is 1. The molecular weight excluding hydrogens is 380 g/mol. The van der Waals surface area contributed by atoms with Crippen molar-refractivity contribution in [3.8, 4) is 5.69 Å². The van der Waals surface area contributed by atoms with Gasteiger partial charge in [-0.05, 0) is 46.3 Å². The highest BCUT2D eigenvalue weighted by Gasteiger charge is 2.17. The van der Waals surface area contributed by atoms with Crippen molar-refractivity contribution >= 4 is 38.6 Å². The maximum atomic E-state index is 12.6. The van der Waals surface area contributed by atoms with Crippen molar-refractivity contribution in [1.82, 2.24) is 14.8 Å². The summed E-state index contributed by atoms with van der Waals surface area (Å²) in [6.45, 7) is 0. The minimum absolute atomic E-state index is 0.267. The summed E-state index contributed by atoms with van der Waals surface area (Å²) in [5, 5.41) is 8.14. The third kappa shape index (κ3) is 3.04. The van der Waals surface area contributed by atoms with Crippen LogP contribution in [0.4, 0.5) is 5.82 Å². The first-order valence-corrected chi connectivity index (χ1v) is 8.48. The van der Waals surface area contributed by atoms with Gasteiger partial charge in [-0.25, -0.2) is 9.67 Å². The molecule has 0 aliphatic heterocycles. The van der Waals surface area contributed by atoms with Crippen molar-refractivity contribution < 1.29 is 4.79 Å². The van der Waals surface area contributed by atoms with Gasteiger partial charge in [-0.3, -0.25) is 4.79 Å². The molecule has 0 bridgehead atoms. The van der Waals surface area contributed by atoms with Crippen LogP contribution in [0.1, 0.15) is 10.4 Å². The van der Waals surface area contributed by atoms with Crippen LogP contribution in [0.15, 0.2) is 77.5 Å². The zero-order valence-corrected chi connectivity index (χ0v) is 14.6. The molecule has 0 fully saturated rings. The van der Waals surface area contributed by atoms with Gasteiger partial charge in [-0.1, -0.05) is 36.4 Å². The highest BCUT2D eigenvalue weighted by molar-refractivity contribution is 9.10. The third-order valence-electron chi connectivity index (χ3n) is 3.80. The molecule has 0 radical (unpaired) electrons. The molecule has 2 heterocycles. The largest absolute Gasteiger partial charge is 0.306 e. The van der Waals surface area contributed by atoms with Gasteiger partial charge in [0, 0.05) is 5.39 Å². The fourth-order valence-electron chi connectivity index (χ4n) is 2.55. The van der Waals surface area contributed by atoms with E-state index < -0.39 is 0 Å². The number of rotatable bonds is 3. The summed E-state index contributed by atoms with van der Waals surface area (Å²) in [5.41, 5.74) is 2.15. The normalized spacial score (nSPS) is 10.8. The summed E-state index contributed by atoms with van der Waals surface area (Å²) in [7, 11) is 0. The standard InChI is InChI=1S/C19H13BrN4O/c20-18-15(12-21-24(18)14-7-2-1-3-8-14)19(25)23-17-11-10-13-6-4-5-9-16(13)22-17/h1-12H,(H,22,23,25). The van der Waals surface area contributed by atoms with Gasteiger partial charge in [0.2, 0.25) is 0 Å². The van der Waals surface area contributed by atoms with Crippen LogP contribution in [0.2, 0.25) is 0 Å². The highest BCUT2D eigenvalue weighted by atomic mass is 79.9. The Bertz CT molecular complexity index is 1060. The highest BCUT2D eigenvalue weighted by Crippen LogP contribution is 2.22. The number of halogens is 1. The number of hydrogen-bond donors (Lipinski definition) is 1. The van der Waals surface area contributed by atoms with E-state index in [9.17, 15) is 4.79 Å². The summed E-state index contributed by atoms with van der Waals surface area (Å²) in [6, 6.07) is 21.1. The number of hydrogen-bond acceptors (Lipinski definition) is 3. The monoisotopic (exact) mass is 392 g/mol. The Morgan fingerprint density at radius 3 is 2.56 bits per heavy atom. The molecule has 4 rings (SSSR count). The Morgan fingerprint density at radius 2 is 1.72 bits per heavy atom. The van der Waals surface area contributed by atoms with Crippen LogP contribution in [0.25, 0.3) is 16.6 Å². The van der Waals surface area contributed by atoms with Gasteiger partial charge in [-0.15, -0.1) is 0 Å². The maximum Gasteiger partial charge on any atom is 0.261 e. The SMILES string of the molecule is O=C(Nc1ccc2ccccc2n1)c1cnn(-c2ccccc2)c1Br. The number of pyridine rings is 1. The molecule has 0 atom stereocenters. The van der Waals surface area contributed by atoms with Crippen LogP contribution >= 0.6 is 15.9 Å². The van der Waals surface area contributed by atoms with E-state index in [1.54, 1.807) is 10.7 Å². The van der Waals surface area contributed by atoms with Crippen molar-refractivity contribution in [3.05, 3.63) is 83.1 Å². The fraction of sp³-hybridized carbons (Fsp3) is 0. The molecular formula is C19H13BrN4O. The van der Waals surface area contributed by atoms with Crippen molar-refractivity contribution in [2.24, 2.45) is 0 Å². The second-order valence-corrected chi connectivity index (χ2v) is 6.19. The Morgan fingerprint density at radius 1 is 0.960 bits per heavy atom. The van der Waals surface area contributed by atoms with Crippen LogP contribution in [-0.2, 0) is 0 Å². The van der Waals surface area contributed by atoms with E-state index in [1.165, 1.54) is 6.20 Å². The second kappa shape index (κ2) is 6.49. The molecule has 0 saturated heterocycles. The molecule has 2 aromatic heterocycles. The van der Waals surface area contributed by atoms with Crippen LogP contribution in [0, 0.1) is 0 Å². The van der Waals surface area contributed by atoms with Crippen LogP contribution in [0.3, 0.4) is 0 Å². The summed E-state index contributed by atoms with van der Waals surface area (Å²) in [4.78, 5) is 17.0. The van der Waals surface area contributed by atoms with Crippen LogP contribution < -0.4 is 5.32 Å². The molecule has 0 saturated carbocycles. The minimum atomic E-state index is -0.267. The summed E-state index contributed by atoms with van der Waals surface area (Å²) < 4.78 is 2.26. The first-order chi connectivity index (χ1) is 12.2. The quantitative estimate of drug-likeness (QED) is 0.560. The number of fused-ring (bicyclic) bond motifs is 1. The van der Waals surface area contributed by atoms with Gasteiger partial charge in [0.05, 0.1) is 23.0 Å². The van der Waals surface area contributed by atoms with Crippen LogP contribution in [0.5, 0.6) is 0 Å². The minimum Gasteiger partial charge on any atom is -0.306 e. The Kier molecular flexibility index (Phi) is 4.03. The molecule has 4 aromatic rings. The molecule has 6 heteroatoms. The van der Waals surface area contributed by atoms with Gasteiger partial charge in [0.25, 0.3) is 5.91 Å². The van der Waals surface area contributed by atoms with Gasteiger partial charge in [0.15, 0.2) is 0 Å². The predicted molar refractivity (Wildman–Crippen MR) is 101 cm³/mol. The average Bonchev–Trinajstić information content (AvgIpc) is 3.04. The summed E-state index contributed by atoms with van der Waals surface area (Å²) in [5.74, 6) is 0.236. The zero-order chi connectivity index (χ0) is 17.2. The molecule has 0 spiro atoms. The topological polar surface area (TPSA) is 59.8 Å². The third-order valence-corrected chi connectivity index (χ3v) is 4.56. The Labute approximate surface area is 152 Å². The van der Waals surface area contributed by atoms with Gasteiger partial charge in [0.1, 0.15) is 10.4 Å². The smallest absolute Gasteiger partial charge is 0.261 e. The number of nitrogens with zero attached hydrogens (tertiary/aromatic N) is 3. The number of aromatic nitrogens is 3. The molecule has 2 aromatic carbocycles. The van der Waals surface area contributed by atoms with Gasteiger partial charge >= 0.3 is 0 Å². The van der Waals surface area contributed by atoms with Gasteiger partial charge in [-0.2, -0.15) is 5.10 Å². The lowest BCUT2D eigenvalue weighted by molar-refractivity contribution is 0.102. The van der Waals surface area contributed by atoms with E-state index in [0.717, 1.165) is 16.6 Å². The van der Waals surface area contributed by atoms with Crippen molar-refractivity contribution in [1.29, 1.82) is 0 Å². The first-order valence-electron chi connectivity index (χ1n) is 7.68. The molecule has 122 valence electrons. The molecule has 0 aliphatic carbocycles. The molecule has 25 heavy (non-hydrogen) atoms. The van der Waals surface area contributed by atoms with E-state index in [4.69, 9.17) is 0 Å². The predicted octanol–water partition coefficient (Wildman–Crippen LogP) is 4.44. The van der Waals surface area contributed by atoms with Crippen LogP contribution in [-0.4, -0.2) is 20.7 Å². The van der Waals surface area contributed by atoms with Crippen molar-refractivity contribution in [2.75, 3.05) is 5.32 Å². The van der Waals surface area contributed by atoms with Crippen molar-refractivity contribution in [3.63, 3.8) is 0 Å². The number of carbonyl (C=O) groups is 1. The molecule has 1 N–H and O–H groups in total. The second-order valence-electron chi connectivity index (χ2n) is 5.44. The number of benzene rings is 2. The zero-order valence-electron chi connectivity index (χ0n) is 13.1. The maximum absolute atomic E-state index is 12.6. The Hall–Kier alpha value is -2.99. The average molecular weight is 393 g/mol. The summed E-state index contributed by atoms with van der Waals surface area (Å²) >= 11 is 3.46. The molecule has 5 nitrogen and oxygen atoms in total. The number of nitrogens with one attached hydrogen (secondary N) is 1. The lowest BCUT2D eigenvalue weighted by atomic mass is 10.2. The lowest BCUT2D eigenvalue weighted by Gasteiger charge is -2.06. The van der Waals surface area contributed by atoms with E-state index >= 15 is 0 Å². The number of para-hydroxylation sites is 2. The fourth-order valence-corrected chi connectivity index (χ4v) is 3.13. The lowest BCUT2D eigenvalue weighted by Crippen LogP contribution is -2.13. The number of carbonyl (C=O) groups excluding carboxylic acids is 1. The summed E-state index contributed by atoms with van der Waals surface area (Å²) in [6.07, 6.45) is 1.54. The Balaban J connectivity index is 1.61. The molecule has 1 amide bonds. The van der Waals surface area contributed by atoms with Gasteiger partial charge < -0.3 is 5.32 Å². The van der Waals surface area contributed by atoms with E-state index in [2.05, 4.69) is 31.3 Å². The number of anilines is 1. The van der Waals surface area contributed by atoms with E-state index in [-0.39, 0.29) is 5.91 Å². The molecule has 0 aliphatic rings. The van der Waals surface area contributed by atoms with Crippen molar-refractivity contribution in [2.45, 2.75) is 0 Å². The molecule has 0 unspecified atom stereocenters. The van der Waals surface area contributed by atoms with E-state index in [1.807, 2.05) is 60.7 Å². The van der Waals surface area contributed by atoms with E-state index in [0.29, 0.717) is 16.0 Å².